The van der Waals surface area contributed by atoms with Crippen molar-refractivity contribution in [3.8, 4) is 0 Å². The molecule has 2 aromatic heterocycles. The van der Waals surface area contributed by atoms with Gasteiger partial charge in [0.25, 0.3) is 5.91 Å². The third-order valence-electron chi connectivity index (χ3n) is 4.53. The average molecular weight is 466 g/mol. The van der Waals surface area contributed by atoms with Crippen molar-refractivity contribution in [1.29, 1.82) is 0 Å². The first-order valence-electron chi connectivity index (χ1n) is 9.34. The number of rotatable bonds is 7. The molecule has 0 saturated heterocycles. The topological polar surface area (TPSA) is 64.4 Å². The first kappa shape index (κ1) is 22.3. The summed E-state index contributed by atoms with van der Waals surface area (Å²) in [5.41, 5.74) is 1.64. The monoisotopic (exact) mass is 465 g/mol. The maximum absolute atomic E-state index is 13.4. The average Bonchev–Trinajstić information content (AvgIpc) is 3.24. The normalized spacial score (nSPS) is 10.8. The molecule has 9 heteroatoms. The Hall–Kier alpha value is -2.35. The zero-order valence-electron chi connectivity index (χ0n) is 16.8. The van der Waals surface area contributed by atoms with E-state index in [-0.39, 0.29) is 23.4 Å². The van der Waals surface area contributed by atoms with Gasteiger partial charge in [0.15, 0.2) is 10.8 Å². The molecule has 0 bridgehead atoms. The van der Waals surface area contributed by atoms with E-state index in [0.29, 0.717) is 33.7 Å². The minimum atomic E-state index is -0.502. The van der Waals surface area contributed by atoms with Gasteiger partial charge in [0.05, 0.1) is 11.6 Å². The second-order valence-electron chi connectivity index (χ2n) is 6.54. The SMILES string of the molecule is CCOC(=O)c1nc(N(CCc2ccccc2)C(=O)c2cc(Cl)c(Cl)n2C)sc1C. The number of benzene rings is 1. The molecule has 158 valence electrons. The highest BCUT2D eigenvalue weighted by molar-refractivity contribution is 7.16. The summed E-state index contributed by atoms with van der Waals surface area (Å²) >= 11 is 13.5. The summed E-state index contributed by atoms with van der Waals surface area (Å²) in [5.74, 6) is -0.802. The Labute approximate surface area is 189 Å². The van der Waals surface area contributed by atoms with Crippen LogP contribution in [0.4, 0.5) is 5.13 Å². The van der Waals surface area contributed by atoms with Crippen LogP contribution in [0.3, 0.4) is 0 Å². The third kappa shape index (κ3) is 4.69. The fourth-order valence-corrected chi connectivity index (χ4v) is 4.24. The van der Waals surface area contributed by atoms with E-state index in [0.717, 1.165) is 5.56 Å². The quantitative estimate of drug-likeness (QED) is 0.451. The number of hydrogen-bond donors (Lipinski definition) is 0. The summed E-state index contributed by atoms with van der Waals surface area (Å²) in [6.45, 7) is 4.14. The van der Waals surface area contributed by atoms with E-state index in [2.05, 4.69) is 4.98 Å². The van der Waals surface area contributed by atoms with Crippen molar-refractivity contribution in [2.75, 3.05) is 18.1 Å². The molecule has 0 fully saturated rings. The fraction of sp³-hybridized carbons (Fsp3) is 0.286. The van der Waals surface area contributed by atoms with Crippen molar-refractivity contribution in [2.24, 2.45) is 7.05 Å². The lowest BCUT2D eigenvalue weighted by Crippen LogP contribution is -2.34. The van der Waals surface area contributed by atoms with Gasteiger partial charge < -0.3 is 9.30 Å². The van der Waals surface area contributed by atoms with Crippen molar-refractivity contribution < 1.29 is 14.3 Å². The molecular weight excluding hydrogens is 445 g/mol. The first-order valence-corrected chi connectivity index (χ1v) is 10.9. The van der Waals surface area contributed by atoms with Gasteiger partial charge in [0.1, 0.15) is 10.8 Å². The molecule has 1 aromatic carbocycles. The van der Waals surface area contributed by atoms with E-state index in [1.54, 1.807) is 25.8 Å². The van der Waals surface area contributed by atoms with Crippen LogP contribution in [-0.2, 0) is 18.2 Å². The van der Waals surface area contributed by atoms with E-state index in [9.17, 15) is 9.59 Å². The van der Waals surface area contributed by atoms with Gasteiger partial charge in [-0.1, -0.05) is 53.5 Å². The number of hydrogen-bond acceptors (Lipinski definition) is 5. The minimum Gasteiger partial charge on any atom is -0.461 e. The van der Waals surface area contributed by atoms with Gasteiger partial charge in [0.2, 0.25) is 0 Å². The second kappa shape index (κ2) is 9.64. The van der Waals surface area contributed by atoms with E-state index in [1.807, 2.05) is 30.3 Å². The Morgan fingerprint density at radius 2 is 1.93 bits per heavy atom. The van der Waals surface area contributed by atoms with Gasteiger partial charge in [0, 0.05) is 18.5 Å². The van der Waals surface area contributed by atoms with Crippen LogP contribution in [0.25, 0.3) is 0 Å². The number of anilines is 1. The van der Waals surface area contributed by atoms with E-state index < -0.39 is 5.97 Å². The zero-order valence-corrected chi connectivity index (χ0v) is 19.1. The van der Waals surface area contributed by atoms with E-state index in [4.69, 9.17) is 27.9 Å². The number of carbonyl (C=O) groups excluding carboxylic acids is 2. The summed E-state index contributed by atoms with van der Waals surface area (Å²) < 4.78 is 6.61. The molecule has 2 heterocycles. The number of amides is 1. The Bertz CT molecular complexity index is 1060. The molecule has 0 unspecified atom stereocenters. The predicted octanol–water partition coefficient (Wildman–Crippen LogP) is 5.16. The molecule has 0 N–H and O–H groups in total. The largest absolute Gasteiger partial charge is 0.461 e. The van der Waals surface area contributed by atoms with Crippen LogP contribution < -0.4 is 4.90 Å². The van der Waals surface area contributed by atoms with Crippen molar-refractivity contribution in [3.05, 3.63) is 68.4 Å². The van der Waals surface area contributed by atoms with Crippen molar-refractivity contribution in [2.45, 2.75) is 20.3 Å². The molecule has 3 rings (SSSR count). The lowest BCUT2D eigenvalue weighted by molar-refractivity contribution is 0.0519. The molecule has 0 aliphatic heterocycles. The van der Waals surface area contributed by atoms with Gasteiger partial charge in [-0.3, -0.25) is 9.69 Å². The maximum atomic E-state index is 13.4. The molecule has 3 aromatic rings. The Morgan fingerprint density at radius 1 is 1.23 bits per heavy atom. The number of esters is 1. The highest BCUT2D eigenvalue weighted by Gasteiger charge is 2.27. The highest BCUT2D eigenvalue weighted by atomic mass is 35.5. The summed E-state index contributed by atoms with van der Waals surface area (Å²) in [7, 11) is 1.67. The van der Waals surface area contributed by atoms with Crippen molar-refractivity contribution in [1.82, 2.24) is 9.55 Å². The van der Waals surface area contributed by atoms with Gasteiger partial charge in [-0.15, -0.1) is 11.3 Å². The summed E-state index contributed by atoms with van der Waals surface area (Å²) in [4.78, 5) is 32.3. The van der Waals surface area contributed by atoms with Crippen LogP contribution in [0.1, 0.15) is 38.3 Å². The lowest BCUT2D eigenvalue weighted by Gasteiger charge is -2.20. The minimum absolute atomic E-state index is 0.220. The summed E-state index contributed by atoms with van der Waals surface area (Å²) in [6.07, 6.45) is 0.617. The number of nitrogens with zero attached hydrogens (tertiary/aromatic N) is 3. The smallest absolute Gasteiger partial charge is 0.358 e. The van der Waals surface area contributed by atoms with E-state index in [1.165, 1.54) is 22.0 Å². The Morgan fingerprint density at radius 3 is 2.53 bits per heavy atom. The number of thiazole rings is 1. The predicted molar refractivity (Wildman–Crippen MR) is 120 cm³/mol. The van der Waals surface area contributed by atoms with Crippen LogP contribution >= 0.6 is 34.5 Å². The van der Waals surface area contributed by atoms with Crippen LogP contribution in [0, 0.1) is 6.92 Å². The highest BCUT2D eigenvalue weighted by Crippen LogP contribution is 2.30. The number of aryl methyl sites for hydroxylation is 1. The van der Waals surface area contributed by atoms with Crippen LogP contribution in [0.15, 0.2) is 36.4 Å². The molecule has 0 radical (unpaired) electrons. The molecule has 0 atom stereocenters. The standard InChI is InChI=1S/C21H21Cl2N3O3S/c1-4-29-20(28)17-13(2)30-21(24-17)26(11-10-14-8-6-5-7-9-14)19(27)16-12-15(22)18(23)25(16)3/h5-9,12H,4,10-11H2,1-3H3. The molecule has 6 nitrogen and oxygen atoms in total. The van der Waals surface area contributed by atoms with Gasteiger partial charge in [-0.2, -0.15) is 0 Å². The molecule has 30 heavy (non-hydrogen) atoms. The molecule has 0 saturated carbocycles. The molecular formula is C21H21Cl2N3O3S. The number of halogens is 2. The van der Waals surface area contributed by atoms with Gasteiger partial charge in [-0.25, -0.2) is 9.78 Å². The molecule has 0 spiro atoms. The maximum Gasteiger partial charge on any atom is 0.358 e. The Balaban J connectivity index is 1.97. The van der Waals surface area contributed by atoms with Crippen LogP contribution in [-0.4, -0.2) is 34.6 Å². The van der Waals surface area contributed by atoms with Gasteiger partial charge >= 0.3 is 5.97 Å². The Kier molecular flexibility index (Phi) is 7.18. The zero-order chi connectivity index (χ0) is 21.8. The van der Waals surface area contributed by atoms with Crippen molar-refractivity contribution >= 4 is 51.5 Å². The van der Waals surface area contributed by atoms with Gasteiger partial charge in [-0.05, 0) is 31.9 Å². The third-order valence-corrected chi connectivity index (χ3v) is 6.37. The van der Waals surface area contributed by atoms with Crippen molar-refractivity contribution in [3.63, 3.8) is 0 Å². The number of aromatic nitrogens is 2. The van der Waals surface area contributed by atoms with Crippen LogP contribution in [0.2, 0.25) is 10.2 Å². The number of ether oxygens (including phenoxy) is 1. The second-order valence-corrected chi connectivity index (χ2v) is 8.49. The lowest BCUT2D eigenvalue weighted by atomic mass is 10.1. The van der Waals surface area contributed by atoms with E-state index >= 15 is 0 Å². The number of carbonyl (C=O) groups is 2. The fourth-order valence-electron chi connectivity index (χ4n) is 2.94. The molecule has 0 aliphatic carbocycles. The molecule has 1 amide bonds. The summed E-state index contributed by atoms with van der Waals surface area (Å²) in [6, 6.07) is 11.4. The molecule has 0 aliphatic rings. The summed E-state index contributed by atoms with van der Waals surface area (Å²) in [5, 5.41) is 1.00. The van der Waals surface area contributed by atoms with Crippen LogP contribution in [0.5, 0.6) is 0 Å². The first-order chi connectivity index (χ1) is 14.3.